The van der Waals surface area contributed by atoms with Crippen LogP contribution in [0.4, 0.5) is 0 Å². The molecule has 5 nitrogen and oxygen atoms in total. The summed E-state index contributed by atoms with van der Waals surface area (Å²) in [4.78, 5) is 16.9. The summed E-state index contributed by atoms with van der Waals surface area (Å²) in [5.74, 6) is 0.569. The third-order valence-corrected chi connectivity index (χ3v) is 5.40. The second kappa shape index (κ2) is 8.69. The summed E-state index contributed by atoms with van der Waals surface area (Å²) in [6, 6.07) is 9.89. The predicted octanol–water partition coefficient (Wildman–Crippen LogP) is 3.10. The maximum Gasteiger partial charge on any atom is 0.271 e. The van der Waals surface area contributed by atoms with E-state index in [0.717, 1.165) is 37.6 Å². The van der Waals surface area contributed by atoms with Crippen LogP contribution in [0.2, 0.25) is 5.02 Å². The van der Waals surface area contributed by atoms with Crippen LogP contribution in [0.15, 0.2) is 36.5 Å². The fourth-order valence-electron chi connectivity index (χ4n) is 3.69. The molecule has 1 unspecified atom stereocenters. The Bertz CT molecular complexity index is 728. The second-order valence-electron chi connectivity index (χ2n) is 7.21. The smallest absolute Gasteiger partial charge is 0.271 e. The van der Waals surface area contributed by atoms with Crippen LogP contribution < -0.4 is 0 Å². The van der Waals surface area contributed by atoms with Gasteiger partial charge in [0, 0.05) is 44.9 Å². The van der Waals surface area contributed by atoms with Crippen molar-refractivity contribution in [3.05, 3.63) is 52.8 Å². The van der Waals surface area contributed by atoms with Crippen LogP contribution in [-0.2, 0) is 13.5 Å². The van der Waals surface area contributed by atoms with Crippen molar-refractivity contribution in [1.29, 1.82) is 0 Å². The van der Waals surface area contributed by atoms with E-state index < -0.39 is 0 Å². The van der Waals surface area contributed by atoms with Gasteiger partial charge in [-0.25, -0.2) is 0 Å². The Balaban J connectivity index is 1.49. The topological polar surface area (TPSA) is 41.4 Å². The fourth-order valence-corrected chi connectivity index (χ4v) is 3.82. The zero-order chi connectivity index (χ0) is 18.5. The van der Waals surface area contributed by atoms with Gasteiger partial charge in [-0.15, -0.1) is 0 Å². The first-order chi connectivity index (χ1) is 12.5. The van der Waals surface area contributed by atoms with Gasteiger partial charge in [0.05, 0.1) is 0 Å². The van der Waals surface area contributed by atoms with E-state index in [2.05, 4.69) is 22.1 Å². The van der Waals surface area contributed by atoms with Crippen molar-refractivity contribution in [2.24, 2.45) is 13.0 Å². The molecule has 1 amide bonds. The van der Waals surface area contributed by atoms with E-state index >= 15 is 0 Å². The number of carbonyl (C=O) groups is 1. The molecule has 0 saturated carbocycles. The zero-order valence-corrected chi connectivity index (χ0v) is 16.3. The van der Waals surface area contributed by atoms with Crippen molar-refractivity contribution in [3.63, 3.8) is 0 Å². The lowest BCUT2D eigenvalue weighted by atomic mass is 9.97. The number of hydrogen-bond donors (Lipinski definition) is 0. The normalized spacial score (nSPS) is 18.0. The fraction of sp³-hybridized carbons (Fsp3) is 0.500. The molecule has 1 aromatic carbocycles. The van der Waals surface area contributed by atoms with Crippen LogP contribution in [-0.4, -0.2) is 58.7 Å². The highest BCUT2D eigenvalue weighted by Crippen LogP contribution is 2.19. The van der Waals surface area contributed by atoms with Gasteiger partial charge in [-0.3, -0.25) is 9.48 Å². The SMILES string of the molecule is CN(CC1CCCN(CCc2ccc(Cl)cc2)C1)C(=O)c1ccnn1C. The Kier molecular flexibility index (Phi) is 6.33. The molecule has 1 fully saturated rings. The van der Waals surface area contributed by atoms with Crippen molar-refractivity contribution < 1.29 is 4.79 Å². The highest BCUT2D eigenvalue weighted by atomic mass is 35.5. The van der Waals surface area contributed by atoms with Gasteiger partial charge in [-0.2, -0.15) is 5.10 Å². The van der Waals surface area contributed by atoms with E-state index in [1.807, 2.05) is 24.1 Å². The average molecular weight is 375 g/mol. The molecule has 140 valence electrons. The Morgan fingerprint density at radius 2 is 2.08 bits per heavy atom. The van der Waals surface area contributed by atoms with Gasteiger partial charge in [0.25, 0.3) is 5.91 Å². The molecule has 1 atom stereocenters. The largest absolute Gasteiger partial charge is 0.340 e. The van der Waals surface area contributed by atoms with Crippen molar-refractivity contribution in [3.8, 4) is 0 Å². The van der Waals surface area contributed by atoms with E-state index in [-0.39, 0.29) is 5.91 Å². The lowest BCUT2D eigenvalue weighted by Crippen LogP contribution is -2.42. The van der Waals surface area contributed by atoms with Crippen LogP contribution in [0.3, 0.4) is 0 Å². The summed E-state index contributed by atoms with van der Waals surface area (Å²) in [5, 5.41) is 4.88. The number of carbonyl (C=O) groups excluding carboxylic acids is 1. The minimum absolute atomic E-state index is 0.0447. The summed E-state index contributed by atoms with van der Waals surface area (Å²) in [5.41, 5.74) is 1.96. The van der Waals surface area contributed by atoms with Gasteiger partial charge in [0.1, 0.15) is 5.69 Å². The summed E-state index contributed by atoms with van der Waals surface area (Å²) >= 11 is 5.95. The van der Waals surface area contributed by atoms with Crippen LogP contribution >= 0.6 is 11.6 Å². The number of benzene rings is 1. The molecule has 0 aliphatic carbocycles. The quantitative estimate of drug-likeness (QED) is 0.780. The van der Waals surface area contributed by atoms with Crippen molar-refractivity contribution in [2.45, 2.75) is 19.3 Å². The van der Waals surface area contributed by atoms with Crippen LogP contribution in [0.25, 0.3) is 0 Å². The Labute approximate surface area is 160 Å². The molecule has 1 aliphatic rings. The van der Waals surface area contributed by atoms with Crippen LogP contribution in [0.1, 0.15) is 28.9 Å². The van der Waals surface area contributed by atoms with Gasteiger partial charge >= 0.3 is 0 Å². The number of rotatable bonds is 6. The molecular formula is C20H27ClN4O. The van der Waals surface area contributed by atoms with Crippen LogP contribution in [0.5, 0.6) is 0 Å². The summed E-state index contributed by atoms with van der Waals surface area (Å²) < 4.78 is 1.64. The number of aromatic nitrogens is 2. The lowest BCUT2D eigenvalue weighted by Gasteiger charge is -2.34. The average Bonchev–Trinajstić information content (AvgIpc) is 3.07. The molecule has 0 bridgehead atoms. The summed E-state index contributed by atoms with van der Waals surface area (Å²) in [7, 11) is 3.70. The Morgan fingerprint density at radius 3 is 2.77 bits per heavy atom. The standard InChI is InChI=1S/C20H27ClN4O/c1-23(20(26)19-9-11-22-24(19)2)14-17-4-3-12-25(15-17)13-10-16-5-7-18(21)8-6-16/h5-9,11,17H,3-4,10,12-15H2,1-2H3. The van der Waals surface area contributed by atoms with Crippen molar-refractivity contribution >= 4 is 17.5 Å². The molecule has 3 rings (SSSR count). The van der Waals surface area contributed by atoms with Gasteiger partial charge in [0.15, 0.2) is 0 Å². The molecule has 0 N–H and O–H groups in total. The highest BCUT2D eigenvalue weighted by molar-refractivity contribution is 6.30. The summed E-state index contributed by atoms with van der Waals surface area (Å²) in [6.07, 6.45) is 5.08. The number of nitrogens with zero attached hydrogens (tertiary/aromatic N) is 4. The first kappa shape index (κ1) is 18.9. The zero-order valence-electron chi connectivity index (χ0n) is 15.6. The number of likely N-dealkylation sites (tertiary alicyclic amines) is 1. The number of hydrogen-bond acceptors (Lipinski definition) is 3. The molecule has 6 heteroatoms. The van der Waals surface area contributed by atoms with Crippen molar-refractivity contribution in [1.82, 2.24) is 19.6 Å². The third kappa shape index (κ3) is 4.86. The summed E-state index contributed by atoms with van der Waals surface area (Å²) in [6.45, 7) is 4.04. The van der Waals surface area contributed by atoms with E-state index in [0.29, 0.717) is 11.6 Å². The molecule has 1 aliphatic heterocycles. The number of aryl methyl sites for hydroxylation is 1. The molecule has 26 heavy (non-hydrogen) atoms. The Morgan fingerprint density at radius 1 is 1.31 bits per heavy atom. The molecule has 0 spiro atoms. The molecule has 1 aromatic heterocycles. The van der Waals surface area contributed by atoms with E-state index in [9.17, 15) is 4.79 Å². The van der Waals surface area contributed by atoms with Crippen LogP contribution in [0, 0.1) is 5.92 Å². The predicted molar refractivity (Wildman–Crippen MR) is 104 cm³/mol. The molecule has 2 aromatic rings. The van der Waals surface area contributed by atoms with Gasteiger partial charge in [-0.05, 0) is 55.5 Å². The van der Waals surface area contributed by atoms with Crippen molar-refractivity contribution in [2.75, 3.05) is 33.2 Å². The maximum absolute atomic E-state index is 12.6. The number of halogens is 1. The molecule has 0 radical (unpaired) electrons. The van der Waals surface area contributed by atoms with Gasteiger partial charge in [-0.1, -0.05) is 23.7 Å². The molecule has 1 saturated heterocycles. The minimum atomic E-state index is 0.0447. The maximum atomic E-state index is 12.6. The number of piperidine rings is 1. The highest BCUT2D eigenvalue weighted by Gasteiger charge is 2.24. The molecule has 2 heterocycles. The van der Waals surface area contributed by atoms with E-state index in [1.54, 1.807) is 24.0 Å². The third-order valence-electron chi connectivity index (χ3n) is 5.15. The van der Waals surface area contributed by atoms with Gasteiger partial charge < -0.3 is 9.80 Å². The molecular weight excluding hydrogens is 348 g/mol. The van der Waals surface area contributed by atoms with Gasteiger partial charge in [0.2, 0.25) is 0 Å². The first-order valence-corrected chi connectivity index (χ1v) is 9.61. The lowest BCUT2D eigenvalue weighted by molar-refractivity contribution is 0.0720. The van der Waals surface area contributed by atoms with E-state index in [4.69, 9.17) is 11.6 Å². The Hall–Kier alpha value is -1.85. The minimum Gasteiger partial charge on any atom is -0.340 e. The monoisotopic (exact) mass is 374 g/mol. The van der Waals surface area contributed by atoms with E-state index in [1.165, 1.54) is 18.4 Å². The second-order valence-corrected chi connectivity index (χ2v) is 7.65. The first-order valence-electron chi connectivity index (χ1n) is 9.23. The number of amides is 1.